The van der Waals surface area contributed by atoms with Crippen molar-refractivity contribution in [1.82, 2.24) is 0 Å². The fraction of sp³-hybridized carbons (Fsp3) is 0.409. The van der Waals surface area contributed by atoms with Crippen molar-refractivity contribution in [3.05, 3.63) is 63.6 Å². The van der Waals surface area contributed by atoms with Crippen molar-refractivity contribution in [3.63, 3.8) is 0 Å². The lowest BCUT2D eigenvalue weighted by Gasteiger charge is -2.47. The Morgan fingerprint density at radius 1 is 0.920 bits per heavy atom. The van der Waals surface area contributed by atoms with E-state index >= 15 is 0 Å². The van der Waals surface area contributed by atoms with Crippen molar-refractivity contribution in [1.29, 1.82) is 0 Å². The second-order valence-corrected chi connectivity index (χ2v) is 8.71. The van der Waals surface area contributed by atoms with E-state index in [0.29, 0.717) is 11.8 Å². The van der Waals surface area contributed by atoms with Gasteiger partial charge in [-0.25, -0.2) is 0 Å². The number of fused-ring (bicyclic) bond motifs is 2. The Balaban J connectivity index is 1.70. The normalized spacial score (nSPS) is 30.6. The quantitative estimate of drug-likeness (QED) is 0.543. The van der Waals surface area contributed by atoms with Gasteiger partial charge in [0.25, 0.3) is 0 Å². The number of rotatable bonds is 2. The summed E-state index contributed by atoms with van der Waals surface area (Å²) in [6.45, 7) is 0. The van der Waals surface area contributed by atoms with Gasteiger partial charge in [0.1, 0.15) is 0 Å². The van der Waals surface area contributed by atoms with E-state index in [1.54, 1.807) is 0 Å². The fourth-order valence-corrected chi connectivity index (χ4v) is 5.73. The van der Waals surface area contributed by atoms with Crippen LogP contribution in [0.15, 0.2) is 47.5 Å². The predicted molar refractivity (Wildman–Crippen MR) is 106 cm³/mol. The molecule has 2 fully saturated rings. The Morgan fingerprint density at radius 3 is 2.56 bits per heavy atom. The Morgan fingerprint density at radius 2 is 1.76 bits per heavy atom. The summed E-state index contributed by atoms with van der Waals surface area (Å²) in [7, 11) is 0. The molecule has 2 aromatic carbocycles. The minimum Gasteiger partial charge on any atom is -0.260 e. The lowest BCUT2D eigenvalue weighted by atomic mass is 9.55. The molecule has 5 rings (SSSR count). The van der Waals surface area contributed by atoms with Crippen LogP contribution in [0.5, 0.6) is 0 Å². The highest BCUT2D eigenvalue weighted by Crippen LogP contribution is 2.61. The van der Waals surface area contributed by atoms with Crippen molar-refractivity contribution in [2.45, 2.75) is 43.4 Å². The minimum atomic E-state index is 0.00399. The molecule has 3 atom stereocenters. The Hall–Kier alpha value is -1.31. The summed E-state index contributed by atoms with van der Waals surface area (Å²) in [6, 6.07) is 14.7. The van der Waals surface area contributed by atoms with Crippen LogP contribution in [0, 0.1) is 11.8 Å². The van der Waals surface area contributed by atoms with Crippen LogP contribution in [0.3, 0.4) is 0 Å². The molecule has 0 N–H and O–H groups in total. The number of hydrogen-bond acceptors (Lipinski definition) is 1. The van der Waals surface area contributed by atoms with Crippen LogP contribution >= 0.6 is 23.2 Å². The smallest absolute Gasteiger partial charge is 0.0682 e. The zero-order valence-electron chi connectivity index (χ0n) is 14.1. The predicted octanol–water partition coefficient (Wildman–Crippen LogP) is 6.94. The molecule has 2 aliphatic carbocycles. The lowest BCUT2D eigenvalue weighted by Crippen LogP contribution is -2.45. The van der Waals surface area contributed by atoms with Crippen molar-refractivity contribution >= 4 is 35.1 Å². The maximum absolute atomic E-state index is 6.34. The average Bonchev–Trinajstić information content (AvgIpc) is 3.39. The number of hydrogen-bond donors (Lipinski definition) is 0. The van der Waals surface area contributed by atoms with Gasteiger partial charge >= 0.3 is 0 Å². The van der Waals surface area contributed by atoms with Gasteiger partial charge in [-0.3, -0.25) is 4.99 Å². The first-order chi connectivity index (χ1) is 12.2. The summed E-state index contributed by atoms with van der Waals surface area (Å²) < 4.78 is 0. The molecule has 2 saturated carbocycles. The zero-order chi connectivity index (χ0) is 17.0. The van der Waals surface area contributed by atoms with Crippen molar-refractivity contribution in [3.8, 4) is 0 Å². The molecule has 2 aromatic rings. The minimum absolute atomic E-state index is 0.00399. The summed E-state index contributed by atoms with van der Waals surface area (Å²) in [5.41, 5.74) is 3.79. The molecule has 1 heterocycles. The summed E-state index contributed by atoms with van der Waals surface area (Å²) in [4.78, 5) is 4.85. The molecule has 1 spiro atoms. The molecule has 0 saturated heterocycles. The standard InChI is InChI=1S/C22H21Cl2N/c23-16-4-1-3-15(11-16)19-6-2-5-18(14-7-8-14)22(19)13-25-21-12-17(24)9-10-20(21)22/h1,3-4,9-14,18-19H,2,5-8H2. The second-order valence-electron chi connectivity index (χ2n) is 7.84. The molecule has 0 amide bonds. The van der Waals surface area contributed by atoms with Crippen LogP contribution < -0.4 is 0 Å². The van der Waals surface area contributed by atoms with Gasteiger partial charge in [-0.1, -0.05) is 47.8 Å². The number of halogens is 2. The fourth-order valence-electron chi connectivity index (χ4n) is 5.36. The number of benzene rings is 2. The second kappa shape index (κ2) is 5.86. The molecule has 0 radical (unpaired) electrons. The van der Waals surface area contributed by atoms with Crippen LogP contribution in [0.4, 0.5) is 5.69 Å². The van der Waals surface area contributed by atoms with Gasteiger partial charge in [-0.2, -0.15) is 0 Å². The summed E-state index contributed by atoms with van der Waals surface area (Å²) in [5, 5.41) is 1.60. The topological polar surface area (TPSA) is 12.4 Å². The van der Waals surface area contributed by atoms with Crippen molar-refractivity contribution < 1.29 is 0 Å². The summed E-state index contributed by atoms with van der Waals surface area (Å²) in [5.74, 6) is 1.96. The van der Waals surface area contributed by atoms with E-state index in [2.05, 4.69) is 30.5 Å². The first-order valence-electron chi connectivity index (χ1n) is 9.29. The highest BCUT2D eigenvalue weighted by Gasteiger charge is 2.55. The third-order valence-electron chi connectivity index (χ3n) is 6.48. The van der Waals surface area contributed by atoms with E-state index in [1.807, 2.05) is 18.2 Å². The van der Waals surface area contributed by atoms with Gasteiger partial charge in [0.15, 0.2) is 0 Å². The molecular formula is C22H21Cl2N. The zero-order valence-corrected chi connectivity index (χ0v) is 15.6. The Bertz CT molecular complexity index is 855. The molecule has 1 nitrogen and oxygen atoms in total. The Labute approximate surface area is 159 Å². The Kier molecular flexibility index (Phi) is 3.73. The van der Waals surface area contributed by atoms with Crippen LogP contribution in [0.1, 0.15) is 49.1 Å². The van der Waals surface area contributed by atoms with Gasteiger partial charge in [-0.15, -0.1) is 0 Å². The summed E-state index contributed by atoms with van der Waals surface area (Å²) in [6.07, 6.45) is 8.78. The maximum atomic E-state index is 6.34. The lowest BCUT2D eigenvalue weighted by molar-refractivity contribution is 0.201. The molecular weight excluding hydrogens is 349 g/mol. The van der Waals surface area contributed by atoms with E-state index < -0.39 is 0 Å². The van der Waals surface area contributed by atoms with E-state index in [0.717, 1.165) is 21.7 Å². The highest BCUT2D eigenvalue weighted by molar-refractivity contribution is 6.31. The maximum Gasteiger partial charge on any atom is 0.0682 e. The summed E-state index contributed by atoms with van der Waals surface area (Å²) >= 11 is 12.6. The molecule has 1 aliphatic heterocycles. The van der Waals surface area contributed by atoms with Gasteiger partial charge in [0, 0.05) is 21.7 Å². The van der Waals surface area contributed by atoms with Crippen LogP contribution in [-0.4, -0.2) is 6.21 Å². The van der Waals surface area contributed by atoms with E-state index in [4.69, 9.17) is 28.2 Å². The molecule has 0 bridgehead atoms. The van der Waals surface area contributed by atoms with E-state index in [9.17, 15) is 0 Å². The largest absolute Gasteiger partial charge is 0.260 e. The van der Waals surface area contributed by atoms with Crippen LogP contribution in [0.25, 0.3) is 0 Å². The molecule has 128 valence electrons. The molecule has 25 heavy (non-hydrogen) atoms. The number of aliphatic imine (C=N–C) groups is 1. The van der Waals surface area contributed by atoms with Crippen LogP contribution in [-0.2, 0) is 5.41 Å². The first kappa shape index (κ1) is 15.9. The molecule has 3 unspecified atom stereocenters. The van der Waals surface area contributed by atoms with Crippen LogP contribution in [0.2, 0.25) is 10.0 Å². The third-order valence-corrected chi connectivity index (χ3v) is 6.95. The van der Waals surface area contributed by atoms with E-state index in [1.165, 1.54) is 43.2 Å². The van der Waals surface area contributed by atoms with Crippen molar-refractivity contribution in [2.75, 3.05) is 0 Å². The highest BCUT2D eigenvalue weighted by atomic mass is 35.5. The molecule has 3 aliphatic rings. The van der Waals surface area contributed by atoms with E-state index in [-0.39, 0.29) is 5.41 Å². The SMILES string of the molecule is Clc1cccc(C2CCCC(C3CC3)C23C=Nc2cc(Cl)ccc23)c1. The molecule has 3 heteroatoms. The average molecular weight is 370 g/mol. The first-order valence-corrected chi connectivity index (χ1v) is 10.0. The van der Waals surface area contributed by atoms with Gasteiger partial charge in [-0.05, 0) is 78.8 Å². The molecule has 0 aromatic heterocycles. The monoisotopic (exact) mass is 369 g/mol. The van der Waals surface area contributed by atoms with Crippen molar-refractivity contribution in [2.24, 2.45) is 16.8 Å². The van der Waals surface area contributed by atoms with Gasteiger partial charge in [0.05, 0.1) is 5.69 Å². The number of nitrogens with zero attached hydrogens (tertiary/aromatic N) is 1. The third kappa shape index (κ3) is 2.47. The van der Waals surface area contributed by atoms with Gasteiger partial charge in [0.2, 0.25) is 0 Å². The van der Waals surface area contributed by atoms with Gasteiger partial charge < -0.3 is 0 Å².